The highest BCUT2D eigenvalue weighted by Gasteiger charge is 2.15. The number of nitrogens with zero attached hydrogens (tertiary/aromatic N) is 2. The van der Waals surface area contributed by atoms with Gasteiger partial charge in [0.05, 0.1) is 6.04 Å². The molecule has 1 heterocycles. The second-order valence-corrected chi connectivity index (χ2v) is 5.94. The summed E-state index contributed by atoms with van der Waals surface area (Å²) in [7, 11) is 0. The summed E-state index contributed by atoms with van der Waals surface area (Å²) in [6.45, 7) is 0. The van der Waals surface area contributed by atoms with Crippen molar-refractivity contribution in [3.05, 3.63) is 30.2 Å². The van der Waals surface area contributed by atoms with E-state index in [-0.39, 0.29) is 6.04 Å². The Hall–Kier alpha value is -0.980. The lowest BCUT2D eigenvalue weighted by Gasteiger charge is -2.03. The number of hydrogen-bond acceptors (Lipinski definition) is 6. The maximum absolute atomic E-state index is 6.01. The molecule has 0 bridgehead atoms. The number of hydrogen-bond donors (Lipinski definition) is 1. The quantitative estimate of drug-likeness (QED) is 0.826. The molecule has 2 rings (SSSR count). The van der Waals surface area contributed by atoms with E-state index in [1.807, 2.05) is 30.5 Å². The van der Waals surface area contributed by atoms with Crippen molar-refractivity contribution in [2.24, 2.45) is 5.73 Å². The molecular formula is C13H17N3OS2. The van der Waals surface area contributed by atoms with Gasteiger partial charge in [-0.15, -0.1) is 11.8 Å². The van der Waals surface area contributed by atoms with Crippen molar-refractivity contribution in [3.63, 3.8) is 0 Å². The molecule has 0 saturated heterocycles. The van der Waals surface area contributed by atoms with E-state index in [1.54, 1.807) is 23.5 Å². The SMILES string of the molecule is CSCCC(N)c1nc(-c2ccc(SC)cc2)no1. The van der Waals surface area contributed by atoms with Crippen LogP contribution in [0.4, 0.5) is 0 Å². The lowest BCUT2D eigenvalue weighted by atomic mass is 10.2. The van der Waals surface area contributed by atoms with Gasteiger partial charge in [0.2, 0.25) is 11.7 Å². The van der Waals surface area contributed by atoms with E-state index in [2.05, 4.69) is 16.4 Å². The number of benzene rings is 1. The second kappa shape index (κ2) is 6.98. The molecule has 0 fully saturated rings. The first-order valence-electron chi connectivity index (χ1n) is 5.97. The number of rotatable bonds is 6. The van der Waals surface area contributed by atoms with Gasteiger partial charge in [-0.25, -0.2) is 0 Å². The Bertz CT molecular complexity index is 513. The van der Waals surface area contributed by atoms with Crippen LogP contribution in [0.3, 0.4) is 0 Å². The first-order valence-corrected chi connectivity index (χ1v) is 8.59. The van der Waals surface area contributed by atoms with Gasteiger partial charge in [0.1, 0.15) is 0 Å². The maximum atomic E-state index is 6.01. The topological polar surface area (TPSA) is 64.9 Å². The fourth-order valence-corrected chi connectivity index (χ4v) is 2.51. The Balaban J connectivity index is 2.11. The summed E-state index contributed by atoms with van der Waals surface area (Å²) in [5.41, 5.74) is 6.95. The molecule has 1 aromatic heterocycles. The average Bonchev–Trinajstić information content (AvgIpc) is 2.94. The third kappa shape index (κ3) is 3.75. The first kappa shape index (κ1) is 14.4. The average molecular weight is 295 g/mol. The smallest absolute Gasteiger partial charge is 0.243 e. The second-order valence-electron chi connectivity index (χ2n) is 4.07. The van der Waals surface area contributed by atoms with E-state index in [9.17, 15) is 0 Å². The highest BCUT2D eigenvalue weighted by atomic mass is 32.2. The summed E-state index contributed by atoms with van der Waals surface area (Å²) in [4.78, 5) is 5.58. The third-order valence-corrected chi connectivity index (χ3v) is 4.13. The summed E-state index contributed by atoms with van der Waals surface area (Å²) in [5.74, 6) is 2.10. The molecule has 2 N–H and O–H groups in total. The molecule has 1 aromatic carbocycles. The van der Waals surface area contributed by atoms with Gasteiger partial charge in [0, 0.05) is 10.5 Å². The molecule has 1 unspecified atom stereocenters. The van der Waals surface area contributed by atoms with Gasteiger partial charge >= 0.3 is 0 Å². The molecule has 0 amide bonds. The minimum atomic E-state index is -0.181. The van der Waals surface area contributed by atoms with E-state index in [0.717, 1.165) is 17.7 Å². The Labute approximate surface area is 121 Å². The molecule has 0 aliphatic heterocycles. The summed E-state index contributed by atoms with van der Waals surface area (Å²) in [5, 5.41) is 3.99. The van der Waals surface area contributed by atoms with Gasteiger partial charge in [0.15, 0.2) is 0 Å². The minimum Gasteiger partial charge on any atom is -0.337 e. The van der Waals surface area contributed by atoms with Gasteiger partial charge in [-0.3, -0.25) is 0 Å². The fourth-order valence-electron chi connectivity index (χ4n) is 1.61. The lowest BCUT2D eigenvalue weighted by molar-refractivity contribution is 0.353. The van der Waals surface area contributed by atoms with Crippen LogP contribution in [0.2, 0.25) is 0 Å². The molecular weight excluding hydrogens is 278 g/mol. The summed E-state index contributed by atoms with van der Waals surface area (Å²) < 4.78 is 5.23. The molecule has 0 spiro atoms. The monoisotopic (exact) mass is 295 g/mol. The van der Waals surface area contributed by atoms with Crippen LogP contribution < -0.4 is 5.73 Å². The third-order valence-electron chi connectivity index (χ3n) is 2.74. The predicted molar refractivity (Wildman–Crippen MR) is 81.4 cm³/mol. The van der Waals surface area contributed by atoms with Crippen LogP contribution in [0, 0.1) is 0 Å². The van der Waals surface area contributed by atoms with Crippen LogP contribution in [-0.2, 0) is 0 Å². The van der Waals surface area contributed by atoms with Crippen molar-refractivity contribution in [2.75, 3.05) is 18.3 Å². The van der Waals surface area contributed by atoms with Gasteiger partial charge in [-0.05, 0) is 49.0 Å². The van der Waals surface area contributed by atoms with Crippen LogP contribution in [0.25, 0.3) is 11.4 Å². The Morgan fingerprint density at radius 1 is 1.26 bits per heavy atom. The Kier molecular flexibility index (Phi) is 5.30. The van der Waals surface area contributed by atoms with Gasteiger partial charge in [-0.1, -0.05) is 5.16 Å². The number of thioether (sulfide) groups is 2. The highest BCUT2D eigenvalue weighted by molar-refractivity contribution is 7.98. The standard InChI is InChI=1S/C13H17N3OS2/c1-18-8-7-11(14)13-15-12(16-17-13)9-3-5-10(19-2)6-4-9/h3-6,11H,7-8,14H2,1-2H3. The van der Waals surface area contributed by atoms with Crippen molar-refractivity contribution in [3.8, 4) is 11.4 Å². The Morgan fingerprint density at radius 2 is 2.00 bits per heavy atom. The van der Waals surface area contributed by atoms with E-state index in [4.69, 9.17) is 10.3 Å². The molecule has 102 valence electrons. The maximum Gasteiger partial charge on any atom is 0.243 e. The first-order chi connectivity index (χ1) is 9.24. The summed E-state index contributed by atoms with van der Waals surface area (Å²) in [6.07, 6.45) is 4.94. The van der Waals surface area contributed by atoms with Crippen molar-refractivity contribution in [1.82, 2.24) is 10.1 Å². The van der Waals surface area contributed by atoms with Gasteiger partial charge in [0.25, 0.3) is 0 Å². The van der Waals surface area contributed by atoms with E-state index >= 15 is 0 Å². The highest BCUT2D eigenvalue weighted by Crippen LogP contribution is 2.22. The summed E-state index contributed by atoms with van der Waals surface area (Å²) >= 11 is 3.47. The van der Waals surface area contributed by atoms with E-state index in [0.29, 0.717) is 11.7 Å². The number of aromatic nitrogens is 2. The molecule has 1 atom stereocenters. The predicted octanol–water partition coefficient (Wildman–Crippen LogP) is 3.21. The van der Waals surface area contributed by atoms with Crippen LogP contribution in [0.5, 0.6) is 0 Å². The number of nitrogens with two attached hydrogens (primary N) is 1. The molecule has 6 heteroatoms. The Morgan fingerprint density at radius 3 is 2.63 bits per heavy atom. The molecule has 4 nitrogen and oxygen atoms in total. The summed E-state index contributed by atoms with van der Waals surface area (Å²) in [6, 6.07) is 7.90. The van der Waals surface area contributed by atoms with E-state index in [1.165, 1.54) is 4.90 Å². The minimum absolute atomic E-state index is 0.181. The van der Waals surface area contributed by atoms with Crippen LogP contribution >= 0.6 is 23.5 Å². The fraction of sp³-hybridized carbons (Fsp3) is 0.385. The largest absolute Gasteiger partial charge is 0.337 e. The molecule has 0 saturated carbocycles. The van der Waals surface area contributed by atoms with Crippen LogP contribution in [0.15, 0.2) is 33.7 Å². The zero-order valence-corrected chi connectivity index (χ0v) is 12.6. The molecule has 0 aliphatic rings. The van der Waals surface area contributed by atoms with Gasteiger partial charge in [-0.2, -0.15) is 16.7 Å². The van der Waals surface area contributed by atoms with Gasteiger partial charge < -0.3 is 10.3 Å². The molecule has 2 aromatic rings. The van der Waals surface area contributed by atoms with Crippen LogP contribution in [-0.4, -0.2) is 28.4 Å². The lowest BCUT2D eigenvalue weighted by Crippen LogP contribution is -2.11. The van der Waals surface area contributed by atoms with Crippen molar-refractivity contribution in [2.45, 2.75) is 17.4 Å². The zero-order valence-electron chi connectivity index (χ0n) is 11.0. The van der Waals surface area contributed by atoms with Crippen LogP contribution in [0.1, 0.15) is 18.4 Å². The zero-order chi connectivity index (χ0) is 13.7. The normalized spacial score (nSPS) is 12.6. The van der Waals surface area contributed by atoms with Crippen molar-refractivity contribution < 1.29 is 4.52 Å². The van der Waals surface area contributed by atoms with Crippen molar-refractivity contribution >= 4 is 23.5 Å². The van der Waals surface area contributed by atoms with E-state index < -0.39 is 0 Å². The van der Waals surface area contributed by atoms with Crippen molar-refractivity contribution in [1.29, 1.82) is 0 Å². The molecule has 0 aliphatic carbocycles. The molecule has 19 heavy (non-hydrogen) atoms. The molecule has 0 radical (unpaired) electrons.